The minimum Gasteiger partial charge on any atom is -0.337 e. The topological polar surface area (TPSA) is 35.6 Å². The summed E-state index contributed by atoms with van der Waals surface area (Å²) in [5, 5.41) is 3.15. The van der Waals surface area contributed by atoms with E-state index in [0.29, 0.717) is 0 Å². The average molecular weight is 287 g/mol. The predicted octanol–water partition coefficient (Wildman–Crippen LogP) is 2.07. The second-order valence-corrected chi connectivity index (χ2v) is 6.23. The van der Waals surface area contributed by atoms with E-state index in [1.807, 2.05) is 11.0 Å². The van der Waals surface area contributed by atoms with Crippen molar-refractivity contribution in [2.75, 3.05) is 39.3 Å². The zero-order chi connectivity index (χ0) is 14.7. The molecule has 0 bridgehead atoms. The molecule has 1 aliphatic carbocycles. The summed E-state index contributed by atoms with van der Waals surface area (Å²) < 4.78 is 0. The molecule has 0 atom stereocenters. The van der Waals surface area contributed by atoms with Crippen molar-refractivity contribution in [3.63, 3.8) is 0 Å². The van der Waals surface area contributed by atoms with Crippen molar-refractivity contribution in [1.82, 2.24) is 15.1 Å². The second kappa shape index (κ2) is 6.06. The molecule has 1 aromatic rings. The number of hydrogen-bond acceptors (Lipinski definition) is 2. The van der Waals surface area contributed by atoms with Gasteiger partial charge in [-0.25, -0.2) is 4.79 Å². The zero-order valence-electron chi connectivity index (χ0n) is 12.8. The van der Waals surface area contributed by atoms with Gasteiger partial charge in [0.1, 0.15) is 0 Å². The van der Waals surface area contributed by atoms with E-state index in [1.165, 1.54) is 18.4 Å². The number of amides is 2. The van der Waals surface area contributed by atoms with Crippen molar-refractivity contribution in [3.8, 4) is 0 Å². The molecule has 4 nitrogen and oxygen atoms in total. The van der Waals surface area contributed by atoms with E-state index >= 15 is 0 Å². The highest BCUT2D eigenvalue weighted by atomic mass is 16.2. The van der Waals surface area contributed by atoms with E-state index in [9.17, 15) is 4.79 Å². The van der Waals surface area contributed by atoms with Gasteiger partial charge in [0.25, 0.3) is 0 Å². The van der Waals surface area contributed by atoms with Crippen LogP contribution in [-0.4, -0.2) is 55.1 Å². The molecule has 1 N–H and O–H groups in total. The van der Waals surface area contributed by atoms with E-state index in [0.717, 1.165) is 39.3 Å². The quantitative estimate of drug-likeness (QED) is 0.920. The molecule has 21 heavy (non-hydrogen) atoms. The SMILES string of the molecule is CCN1CCN(C(=O)NCC2(c3ccccc3)CC2)CC1. The molecule has 114 valence electrons. The Balaban J connectivity index is 1.50. The van der Waals surface area contributed by atoms with Crippen LogP contribution in [0.2, 0.25) is 0 Å². The first-order chi connectivity index (χ1) is 10.2. The minimum atomic E-state index is 0.105. The van der Waals surface area contributed by atoms with Crippen LogP contribution in [0.5, 0.6) is 0 Å². The number of nitrogens with one attached hydrogen (secondary N) is 1. The predicted molar refractivity (Wildman–Crippen MR) is 84.4 cm³/mol. The Kier molecular flexibility index (Phi) is 4.15. The third-order valence-corrected chi connectivity index (χ3v) is 4.92. The normalized spacial score (nSPS) is 21.1. The van der Waals surface area contributed by atoms with Crippen LogP contribution in [0.3, 0.4) is 0 Å². The standard InChI is InChI=1S/C17H25N3O/c1-2-19-10-12-20(13-11-19)16(21)18-14-17(8-9-17)15-6-4-3-5-7-15/h3-7H,2,8-14H2,1H3,(H,18,21). The maximum absolute atomic E-state index is 12.3. The largest absolute Gasteiger partial charge is 0.337 e. The number of carbonyl (C=O) groups is 1. The van der Waals surface area contributed by atoms with E-state index < -0.39 is 0 Å². The molecule has 1 heterocycles. The van der Waals surface area contributed by atoms with Crippen molar-refractivity contribution >= 4 is 6.03 Å². The summed E-state index contributed by atoms with van der Waals surface area (Å²) in [6.07, 6.45) is 2.36. The first-order valence-electron chi connectivity index (χ1n) is 8.04. The monoisotopic (exact) mass is 287 g/mol. The molecule has 2 aliphatic rings. The number of carbonyl (C=O) groups excluding carboxylic acids is 1. The molecule has 1 saturated carbocycles. The summed E-state index contributed by atoms with van der Waals surface area (Å²) in [6, 6.07) is 10.7. The first kappa shape index (κ1) is 14.4. The van der Waals surface area contributed by atoms with Crippen LogP contribution in [-0.2, 0) is 5.41 Å². The average Bonchev–Trinajstić information content (AvgIpc) is 3.35. The van der Waals surface area contributed by atoms with Gasteiger partial charge in [0.05, 0.1) is 0 Å². The van der Waals surface area contributed by atoms with Gasteiger partial charge in [-0.2, -0.15) is 0 Å². The number of piperazine rings is 1. The van der Waals surface area contributed by atoms with Crippen LogP contribution in [0.15, 0.2) is 30.3 Å². The molecule has 1 aromatic carbocycles. The highest BCUT2D eigenvalue weighted by Crippen LogP contribution is 2.47. The summed E-state index contributed by atoms with van der Waals surface area (Å²) in [4.78, 5) is 16.6. The molecule has 0 aromatic heterocycles. The van der Waals surface area contributed by atoms with Crippen LogP contribution in [0, 0.1) is 0 Å². The molecule has 0 spiro atoms. The lowest BCUT2D eigenvalue weighted by Crippen LogP contribution is -2.52. The number of rotatable bonds is 4. The lowest BCUT2D eigenvalue weighted by atomic mass is 9.96. The summed E-state index contributed by atoms with van der Waals surface area (Å²) in [5.74, 6) is 0. The van der Waals surface area contributed by atoms with Gasteiger partial charge < -0.3 is 15.1 Å². The number of urea groups is 1. The van der Waals surface area contributed by atoms with E-state index in [-0.39, 0.29) is 11.4 Å². The van der Waals surface area contributed by atoms with Gasteiger partial charge in [0, 0.05) is 38.1 Å². The van der Waals surface area contributed by atoms with Gasteiger partial charge in [0.15, 0.2) is 0 Å². The molecule has 0 unspecified atom stereocenters. The third-order valence-electron chi connectivity index (χ3n) is 4.92. The number of benzene rings is 1. The molecule has 2 fully saturated rings. The van der Waals surface area contributed by atoms with E-state index in [4.69, 9.17) is 0 Å². The maximum atomic E-state index is 12.3. The molecular formula is C17H25N3O. The second-order valence-electron chi connectivity index (χ2n) is 6.23. The Bertz CT molecular complexity index is 476. The molecule has 2 amide bonds. The van der Waals surface area contributed by atoms with Gasteiger partial charge >= 0.3 is 6.03 Å². The molecule has 1 saturated heterocycles. The van der Waals surface area contributed by atoms with Crippen molar-refractivity contribution in [2.45, 2.75) is 25.2 Å². The van der Waals surface area contributed by atoms with Crippen LogP contribution in [0.4, 0.5) is 4.79 Å². The number of likely N-dealkylation sites (N-methyl/N-ethyl adjacent to an activating group) is 1. The summed E-state index contributed by atoms with van der Waals surface area (Å²) >= 11 is 0. The summed E-state index contributed by atoms with van der Waals surface area (Å²) in [6.45, 7) is 7.69. The van der Waals surface area contributed by atoms with Crippen molar-refractivity contribution < 1.29 is 4.79 Å². The molecule has 0 radical (unpaired) electrons. The van der Waals surface area contributed by atoms with Crippen LogP contribution >= 0.6 is 0 Å². The summed E-state index contributed by atoms with van der Waals surface area (Å²) in [7, 11) is 0. The fourth-order valence-corrected chi connectivity index (χ4v) is 3.13. The highest BCUT2D eigenvalue weighted by Gasteiger charge is 2.44. The van der Waals surface area contributed by atoms with Crippen LogP contribution in [0.1, 0.15) is 25.3 Å². The lowest BCUT2D eigenvalue weighted by molar-refractivity contribution is 0.142. The van der Waals surface area contributed by atoms with Gasteiger partial charge in [-0.05, 0) is 24.9 Å². The van der Waals surface area contributed by atoms with Gasteiger partial charge in [-0.1, -0.05) is 37.3 Å². The molecule has 3 rings (SSSR count). The minimum absolute atomic E-state index is 0.105. The van der Waals surface area contributed by atoms with Gasteiger partial charge in [0.2, 0.25) is 0 Å². The number of hydrogen-bond donors (Lipinski definition) is 1. The Morgan fingerprint density at radius 2 is 1.81 bits per heavy atom. The molecular weight excluding hydrogens is 262 g/mol. The fraction of sp³-hybridized carbons (Fsp3) is 0.588. The van der Waals surface area contributed by atoms with Crippen LogP contribution in [0.25, 0.3) is 0 Å². The lowest BCUT2D eigenvalue weighted by Gasteiger charge is -2.34. The fourth-order valence-electron chi connectivity index (χ4n) is 3.13. The third kappa shape index (κ3) is 3.21. The molecule has 1 aliphatic heterocycles. The first-order valence-corrected chi connectivity index (χ1v) is 8.04. The smallest absolute Gasteiger partial charge is 0.317 e. The van der Waals surface area contributed by atoms with Gasteiger partial charge in [-0.3, -0.25) is 0 Å². The maximum Gasteiger partial charge on any atom is 0.317 e. The van der Waals surface area contributed by atoms with Crippen LogP contribution < -0.4 is 5.32 Å². The Labute approximate surface area is 127 Å². The summed E-state index contributed by atoms with van der Waals surface area (Å²) in [5.41, 5.74) is 1.56. The van der Waals surface area contributed by atoms with Crippen molar-refractivity contribution in [2.24, 2.45) is 0 Å². The molecule has 4 heteroatoms. The number of nitrogens with zero attached hydrogens (tertiary/aromatic N) is 2. The zero-order valence-corrected chi connectivity index (χ0v) is 12.8. The van der Waals surface area contributed by atoms with E-state index in [1.54, 1.807) is 0 Å². The highest BCUT2D eigenvalue weighted by molar-refractivity contribution is 5.74. The van der Waals surface area contributed by atoms with Gasteiger partial charge in [-0.15, -0.1) is 0 Å². The van der Waals surface area contributed by atoms with Crippen molar-refractivity contribution in [1.29, 1.82) is 0 Å². The Morgan fingerprint density at radius 3 is 2.38 bits per heavy atom. The van der Waals surface area contributed by atoms with Crippen molar-refractivity contribution in [3.05, 3.63) is 35.9 Å². The Morgan fingerprint density at radius 1 is 1.14 bits per heavy atom. The van der Waals surface area contributed by atoms with E-state index in [2.05, 4.69) is 41.4 Å². The Hall–Kier alpha value is -1.55.